The van der Waals surface area contributed by atoms with Crippen molar-refractivity contribution in [2.75, 3.05) is 25.7 Å². The van der Waals surface area contributed by atoms with Crippen molar-refractivity contribution in [3.8, 4) is 5.75 Å². The third kappa shape index (κ3) is 6.40. The van der Waals surface area contributed by atoms with E-state index in [9.17, 15) is 8.42 Å². The molecule has 1 atom stereocenters. The molecular formula is C13H23NO3S2. The summed E-state index contributed by atoms with van der Waals surface area (Å²) in [4.78, 5) is 1.21. The van der Waals surface area contributed by atoms with Gasteiger partial charge in [0.2, 0.25) is 0 Å². The maximum atomic E-state index is 11.2. The number of methoxy groups -OCH3 is 1. The van der Waals surface area contributed by atoms with E-state index in [1.165, 1.54) is 11.1 Å². The molecule has 1 N–H and O–H groups in total. The third-order valence-corrected chi connectivity index (χ3v) is 4.88. The van der Waals surface area contributed by atoms with Crippen LogP contribution in [0.1, 0.15) is 37.1 Å². The first-order chi connectivity index (χ1) is 8.96. The molecular weight excluding hydrogens is 282 g/mol. The van der Waals surface area contributed by atoms with Crippen molar-refractivity contribution in [1.29, 1.82) is 0 Å². The SMILES string of the molecule is CCCNC(CCCS(C)(=O)=O)c1cc(OC)cs1. The van der Waals surface area contributed by atoms with Crippen molar-refractivity contribution in [1.82, 2.24) is 5.32 Å². The molecule has 1 unspecified atom stereocenters. The van der Waals surface area contributed by atoms with E-state index >= 15 is 0 Å². The van der Waals surface area contributed by atoms with Gasteiger partial charge in [-0.25, -0.2) is 8.42 Å². The summed E-state index contributed by atoms with van der Waals surface area (Å²) in [7, 11) is -1.21. The van der Waals surface area contributed by atoms with Crippen molar-refractivity contribution < 1.29 is 13.2 Å². The lowest BCUT2D eigenvalue weighted by atomic mass is 10.1. The standard InChI is InChI=1S/C13H23NO3S2/c1-4-7-14-12(6-5-8-19(3,15)16)13-9-11(17-2)10-18-13/h9-10,12,14H,4-8H2,1-3H3. The largest absolute Gasteiger partial charge is 0.496 e. The quantitative estimate of drug-likeness (QED) is 0.762. The monoisotopic (exact) mass is 305 g/mol. The van der Waals surface area contributed by atoms with Crippen LogP contribution < -0.4 is 10.1 Å². The van der Waals surface area contributed by atoms with Crippen molar-refractivity contribution >= 4 is 21.2 Å². The Balaban J connectivity index is 2.60. The van der Waals surface area contributed by atoms with Crippen LogP contribution in [0.25, 0.3) is 0 Å². The van der Waals surface area contributed by atoms with Crippen LogP contribution in [-0.2, 0) is 9.84 Å². The first-order valence-electron chi connectivity index (χ1n) is 6.49. The molecule has 0 amide bonds. The molecule has 0 aliphatic rings. The molecule has 1 heterocycles. The van der Waals surface area contributed by atoms with E-state index in [0.717, 1.165) is 25.1 Å². The summed E-state index contributed by atoms with van der Waals surface area (Å²) in [6.45, 7) is 3.05. The fourth-order valence-electron chi connectivity index (χ4n) is 1.84. The predicted octanol–water partition coefficient (Wildman–Crippen LogP) is 2.62. The number of thiophene rings is 1. The van der Waals surface area contributed by atoms with Crippen LogP contribution in [0.15, 0.2) is 11.4 Å². The number of hydrogen-bond acceptors (Lipinski definition) is 5. The molecule has 19 heavy (non-hydrogen) atoms. The zero-order valence-electron chi connectivity index (χ0n) is 11.8. The number of hydrogen-bond donors (Lipinski definition) is 1. The molecule has 0 saturated carbocycles. The molecule has 0 aliphatic heterocycles. The minimum atomic E-state index is -2.87. The van der Waals surface area contributed by atoms with E-state index in [-0.39, 0.29) is 11.8 Å². The molecule has 6 heteroatoms. The van der Waals surface area contributed by atoms with Crippen molar-refractivity contribution in [3.63, 3.8) is 0 Å². The molecule has 110 valence electrons. The minimum Gasteiger partial charge on any atom is -0.496 e. The van der Waals surface area contributed by atoms with Crippen molar-refractivity contribution in [2.45, 2.75) is 32.2 Å². The maximum Gasteiger partial charge on any atom is 0.147 e. The molecule has 0 spiro atoms. The summed E-state index contributed by atoms with van der Waals surface area (Å²) >= 11 is 1.65. The molecule has 0 bridgehead atoms. The van der Waals surface area contributed by atoms with Gasteiger partial charge in [0, 0.05) is 28.3 Å². The molecule has 1 aromatic rings. The van der Waals surface area contributed by atoms with Gasteiger partial charge in [-0.1, -0.05) is 6.92 Å². The van der Waals surface area contributed by atoms with Crippen molar-refractivity contribution in [2.24, 2.45) is 0 Å². The van der Waals surface area contributed by atoms with Crippen LogP contribution in [-0.4, -0.2) is 34.1 Å². The second-order valence-electron chi connectivity index (χ2n) is 4.67. The smallest absolute Gasteiger partial charge is 0.147 e. The Hall–Kier alpha value is -0.590. The summed E-state index contributed by atoms with van der Waals surface area (Å²) in [5, 5.41) is 5.45. The van der Waals surface area contributed by atoms with Gasteiger partial charge in [0.1, 0.15) is 15.6 Å². The number of rotatable bonds is 9. The highest BCUT2D eigenvalue weighted by Gasteiger charge is 2.14. The van der Waals surface area contributed by atoms with E-state index in [1.54, 1.807) is 18.4 Å². The molecule has 1 rings (SSSR count). The lowest BCUT2D eigenvalue weighted by Gasteiger charge is -2.16. The molecule has 0 saturated heterocycles. The first-order valence-corrected chi connectivity index (χ1v) is 9.43. The molecule has 1 aromatic heterocycles. The summed E-state index contributed by atoms with van der Waals surface area (Å²) in [6, 6.07) is 2.24. The highest BCUT2D eigenvalue weighted by atomic mass is 32.2. The molecule has 0 aromatic carbocycles. The van der Waals surface area contributed by atoms with Crippen LogP contribution >= 0.6 is 11.3 Å². The fourth-order valence-corrected chi connectivity index (χ4v) is 3.49. The predicted molar refractivity (Wildman–Crippen MR) is 80.9 cm³/mol. The van der Waals surface area contributed by atoms with Gasteiger partial charge in [-0.3, -0.25) is 0 Å². The van der Waals surface area contributed by atoms with Gasteiger partial charge in [-0.05, 0) is 31.9 Å². The second kappa shape index (κ2) is 7.87. The summed E-state index contributed by atoms with van der Waals surface area (Å²) in [5.74, 6) is 1.12. The first kappa shape index (κ1) is 16.5. The normalized spacial score (nSPS) is 13.4. The Kier molecular flexibility index (Phi) is 6.82. The highest BCUT2D eigenvalue weighted by molar-refractivity contribution is 7.90. The summed E-state index contributed by atoms with van der Waals surface area (Å²) in [5.41, 5.74) is 0. The van der Waals surface area contributed by atoms with Gasteiger partial charge in [0.05, 0.1) is 7.11 Å². The van der Waals surface area contributed by atoms with Crippen LogP contribution in [0.5, 0.6) is 5.75 Å². The summed E-state index contributed by atoms with van der Waals surface area (Å²) < 4.78 is 27.5. The van der Waals surface area contributed by atoms with Gasteiger partial charge >= 0.3 is 0 Å². The Morgan fingerprint density at radius 2 is 2.21 bits per heavy atom. The topological polar surface area (TPSA) is 55.4 Å². The zero-order valence-corrected chi connectivity index (χ0v) is 13.4. The zero-order chi connectivity index (χ0) is 14.3. The van der Waals surface area contributed by atoms with E-state index in [0.29, 0.717) is 6.42 Å². The maximum absolute atomic E-state index is 11.2. The Labute approximate surface area is 120 Å². The average Bonchev–Trinajstić information content (AvgIpc) is 2.80. The van der Waals surface area contributed by atoms with Gasteiger partial charge in [0.25, 0.3) is 0 Å². The van der Waals surface area contributed by atoms with Crippen LogP contribution in [0.2, 0.25) is 0 Å². The van der Waals surface area contributed by atoms with Crippen molar-refractivity contribution in [3.05, 3.63) is 16.3 Å². The molecule has 0 aliphatic carbocycles. The fraction of sp³-hybridized carbons (Fsp3) is 0.692. The Morgan fingerprint density at radius 3 is 2.74 bits per heavy atom. The number of nitrogens with one attached hydrogen (secondary N) is 1. The van der Waals surface area contributed by atoms with Gasteiger partial charge in [-0.15, -0.1) is 11.3 Å². The van der Waals surface area contributed by atoms with E-state index < -0.39 is 9.84 Å². The molecule has 0 radical (unpaired) electrons. The molecule has 0 fully saturated rings. The van der Waals surface area contributed by atoms with Crippen LogP contribution in [0.3, 0.4) is 0 Å². The van der Waals surface area contributed by atoms with Gasteiger partial charge in [-0.2, -0.15) is 0 Å². The second-order valence-corrected chi connectivity index (χ2v) is 7.87. The Morgan fingerprint density at radius 1 is 1.47 bits per heavy atom. The van der Waals surface area contributed by atoms with Gasteiger partial charge < -0.3 is 10.1 Å². The van der Waals surface area contributed by atoms with Gasteiger partial charge in [0.15, 0.2) is 0 Å². The minimum absolute atomic E-state index is 0.218. The lowest BCUT2D eigenvalue weighted by Crippen LogP contribution is -2.22. The van der Waals surface area contributed by atoms with E-state index in [2.05, 4.69) is 12.2 Å². The number of sulfone groups is 1. The third-order valence-electron chi connectivity index (χ3n) is 2.82. The average molecular weight is 305 g/mol. The van der Waals surface area contributed by atoms with E-state index in [4.69, 9.17) is 4.74 Å². The van der Waals surface area contributed by atoms with Crippen LogP contribution in [0.4, 0.5) is 0 Å². The lowest BCUT2D eigenvalue weighted by molar-refractivity contribution is 0.415. The summed E-state index contributed by atoms with van der Waals surface area (Å²) in [6.07, 6.45) is 3.86. The highest BCUT2D eigenvalue weighted by Crippen LogP contribution is 2.29. The van der Waals surface area contributed by atoms with E-state index in [1.807, 2.05) is 11.4 Å². The van der Waals surface area contributed by atoms with Crippen LogP contribution in [0, 0.1) is 0 Å². The molecule has 4 nitrogen and oxygen atoms in total. The Bertz CT molecular complexity index is 468. The number of ether oxygens (including phenoxy) is 1.